The van der Waals surface area contributed by atoms with Crippen LogP contribution in [0.15, 0.2) is 36.7 Å². The van der Waals surface area contributed by atoms with Gasteiger partial charge in [-0.1, -0.05) is 12.1 Å². The molecule has 0 aliphatic heterocycles. The zero-order valence-electron chi connectivity index (χ0n) is 12.3. The van der Waals surface area contributed by atoms with Gasteiger partial charge in [0.2, 0.25) is 0 Å². The number of para-hydroxylation sites is 1. The Balaban J connectivity index is 2.06. The number of halogens is 1. The van der Waals surface area contributed by atoms with E-state index in [1.165, 1.54) is 11.1 Å². The van der Waals surface area contributed by atoms with Crippen LogP contribution < -0.4 is 0 Å². The fourth-order valence-electron chi connectivity index (χ4n) is 2.82. The number of fused-ring (bicyclic) bond motifs is 1. The lowest BCUT2D eigenvalue weighted by Gasteiger charge is -2.17. The van der Waals surface area contributed by atoms with Crippen LogP contribution in [0.2, 0.25) is 0 Å². The lowest BCUT2D eigenvalue weighted by molar-refractivity contribution is 0.435. The quantitative estimate of drug-likeness (QED) is 0.675. The van der Waals surface area contributed by atoms with Crippen LogP contribution in [0, 0.1) is 6.92 Å². The molecule has 0 saturated carbocycles. The number of rotatable bonds is 5. The third kappa shape index (κ3) is 2.68. The fraction of sp³-hybridized carbons (Fsp3) is 0.375. The van der Waals surface area contributed by atoms with Gasteiger partial charge in [-0.2, -0.15) is 5.10 Å². The van der Waals surface area contributed by atoms with E-state index >= 15 is 0 Å². The maximum atomic E-state index is 5.95. The highest BCUT2D eigenvalue weighted by Crippen LogP contribution is 2.25. The summed E-state index contributed by atoms with van der Waals surface area (Å²) in [5.41, 5.74) is 3.45. The topological polar surface area (TPSA) is 35.6 Å². The van der Waals surface area contributed by atoms with E-state index in [2.05, 4.69) is 41.7 Å². The minimum atomic E-state index is 0.273. The minimum absolute atomic E-state index is 0.273. The molecule has 0 saturated heterocycles. The summed E-state index contributed by atoms with van der Waals surface area (Å²) >= 11 is 5.95. The van der Waals surface area contributed by atoms with E-state index in [1.54, 1.807) is 0 Å². The molecule has 110 valence electrons. The number of nitrogens with zero attached hydrogens (tertiary/aromatic N) is 4. The highest BCUT2D eigenvalue weighted by Gasteiger charge is 2.17. The molecule has 2 heterocycles. The lowest BCUT2D eigenvalue weighted by Crippen LogP contribution is -2.16. The Morgan fingerprint density at radius 1 is 1.29 bits per heavy atom. The summed E-state index contributed by atoms with van der Waals surface area (Å²) in [4.78, 5) is 4.80. The number of hydrogen-bond acceptors (Lipinski definition) is 2. The lowest BCUT2D eigenvalue weighted by atomic mass is 10.2. The van der Waals surface area contributed by atoms with Crippen molar-refractivity contribution in [3.05, 3.63) is 48.0 Å². The van der Waals surface area contributed by atoms with Gasteiger partial charge in [0.15, 0.2) is 0 Å². The van der Waals surface area contributed by atoms with Crippen molar-refractivity contribution in [2.24, 2.45) is 0 Å². The van der Waals surface area contributed by atoms with Gasteiger partial charge in [0.1, 0.15) is 5.82 Å². The summed E-state index contributed by atoms with van der Waals surface area (Å²) in [6.07, 6.45) is 4.57. The Labute approximate surface area is 129 Å². The summed E-state index contributed by atoms with van der Waals surface area (Å²) in [5.74, 6) is 1.63. The van der Waals surface area contributed by atoms with Gasteiger partial charge in [-0.3, -0.25) is 4.68 Å². The molecule has 3 aromatic rings. The molecule has 5 heteroatoms. The van der Waals surface area contributed by atoms with Gasteiger partial charge in [-0.25, -0.2) is 4.98 Å². The summed E-state index contributed by atoms with van der Waals surface area (Å²) in [6.45, 7) is 5.12. The number of hydrogen-bond donors (Lipinski definition) is 0. The number of alkyl halides is 1. The smallest absolute Gasteiger partial charge is 0.111 e. The first-order valence-corrected chi connectivity index (χ1v) is 7.74. The molecule has 1 aromatic carbocycles. The van der Waals surface area contributed by atoms with Crippen LogP contribution in [0.4, 0.5) is 0 Å². The molecule has 3 rings (SSSR count). The van der Waals surface area contributed by atoms with Gasteiger partial charge in [0.05, 0.1) is 23.6 Å². The first-order valence-electron chi connectivity index (χ1n) is 7.20. The largest absolute Gasteiger partial charge is 0.323 e. The maximum absolute atomic E-state index is 5.95. The van der Waals surface area contributed by atoms with Crippen molar-refractivity contribution < 1.29 is 0 Å². The van der Waals surface area contributed by atoms with E-state index in [9.17, 15) is 0 Å². The first kappa shape index (κ1) is 14.1. The van der Waals surface area contributed by atoms with Crippen molar-refractivity contribution in [3.63, 3.8) is 0 Å². The Hall–Kier alpha value is -1.81. The molecule has 2 aromatic heterocycles. The summed E-state index contributed by atoms with van der Waals surface area (Å²) in [5, 5.41) is 4.30. The molecule has 1 unspecified atom stereocenters. The van der Waals surface area contributed by atoms with Gasteiger partial charge in [-0.15, -0.1) is 11.6 Å². The molecule has 0 aliphatic rings. The number of imidazole rings is 1. The normalized spacial score (nSPS) is 12.9. The van der Waals surface area contributed by atoms with Crippen molar-refractivity contribution >= 4 is 22.6 Å². The Morgan fingerprint density at radius 3 is 2.86 bits per heavy atom. The van der Waals surface area contributed by atoms with Gasteiger partial charge in [0.25, 0.3) is 0 Å². The van der Waals surface area contributed by atoms with Crippen LogP contribution in [0.1, 0.15) is 24.4 Å². The van der Waals surface area contributed by atoms with Crippen molar-refractivity contribution in [2.75, 3.05) is 5.88 Å². The average Bonchev–Trinajstić information content (AvgIpc) is 3.07. The van der Waals surface area contributed by atoms with E-state index in [0.717, 1.165) is 24.3 Å². The Kier molecular flexibility index (Phi) is 3.97. The Bertz CT molecular complexity index is 730. The number of benzene rings is 1. The monoisotopic (exact) mass is 302 g/mol. The minimum Gasteiger partial charge on any atom is -0.323 e. The van der Waals surface area contributed by atoms with Gasteiger partial charge in [0, 0.05) is 24.7 Å². The van der Waals surface area contributed by atoms with E-state index in [1.807, 2.05) is 23.1 Å². The van der Waals surface area contributed by atoms with E-state index in [-0.39, 0.29) is 6.04 Å². The summed E-state index contributed by atoms with van der Waals surface area (Å²) in [6, 6.07) is 8.54. The highest BCUT2D eigenvalue weighted by molar-refractivity contribution is 6.17. The predicted molar refractivity (Wildman–Crippen MR) is 85.8 cm³/mol. The third-order valence-corrected chi connectivity index (χ3v) is 3.95. The number of aryl methyl sites for hydroxylation is 2. The third-order valence-electron chi connectivity index (χ3n) is 3.76. The second-order valence-corrected chi connectivity index (χ2v) is 5.73. The molecule has 0 spiro atoms. The van der Waals surface area contributed by atoms with Crippen LogP contribution in [0.5, 0.6) is 0 Å². The molecule has 4 nitrogen and oxygen atoms in total. The molecule has 0 N–H and O–H groups in total. The SMILES string of the molecule is Cc1cccc2c1nc(CCCl)n2C(C)Cn1cccn1. The van der Waals surface area contributed by atoms with Crippen molar-refractivity contribution in [1.29, 1.82) is 0 Å². The van der Waals surface area contributed by atoms with Crippen LogP contribution in [0.3, 0.4) is 0 Å². The zero-order chi connectivity index (χ0) is 14.8. The highest BCUT2D eigenvalue weighted by atomic mass is 35.5. The molecular weight excluding hydrogens is 284 g/mol. The van der Waals surface area contributed by atoms with Crippen molar-refractivity contribution in [2.45, 2.75) is 32.9 Å². The van der Waals surface area contributed by atoms with E-state index in [0.29, 0.717) is 5.88 Å². The van der Waals surface area contributed by atoms with Crippen LogP contribution in [-0.2, 0) is 13.0 Å². The van der Waals surface area contributed by atoms with E-state index < -0.39 is 0 Å². The second kappa shape index (κ2) is 5.90. The number of aromatic nitrogens is 4. The van der Waals surface area contributed by atoms with Gasteiger partial charge >= 0.3 is 0 Å². The molecule has 1 atom stereocenters. The molecular formula is C16H19ClN4. The zero-order valence-corrected chi connectivity index (χ0v) is 13.1. The van der Waals surface area contributed by atoms with E-state index in [4.69, 9.17) is 16.6 Å². The fourth-order valence-corrected chi connectivity index (χ4v) is 2.99. The molecule has 0 bridgehead atoms. The van der Waals surface area contributed by atoms with Crippen LogP contribution in [-0.4, -0.2) is 25.2 Å². The standard InChI is InChI=1S/C16H19ClN4/c1-12-5-3-6-14-16(12)19-15(7-8-17)21(14)13(2)11-20-10-4-9-18-20/h3-6,9-10,13H,7-8,11H2,1-2H3. The van der Waals surface area contributed by atoms with Crippen molar-refractivity contribution in [3.8, 4) is 0 Å². The summed E-state index contributed by atoms with van der Waals surface area (Å²) < 4.78 is 4.25. The Morgan fingerprint density at radius 2 is 2.14 bits per heavy atom. The maximum Gasteiger partial charge on any atom is 0.111 e. The van der Waals surface area contributed by atoms with Gasteiger partial charge < -0.3 is 4.57 Å². The summed E-state index contributed by atoms with van der Waals surface area (Å²) in [7, 11) is 0. The first-order chi connectivity index (χ1) is 10.2. The molecule has 0 aliphatic carbocycles. The molecule has 21 heavy (non-hydrogen) atoms. The molecule has 0 amide bonds. The van der Waals surface area contributed by atoms with Gasteiger partial charge in [-0.05, 0) is 31.5 Å². The average molecular weight is 303 g/mol. The predicted octanol–water partition coefficient (Wildman–Crippen LogP) is 3.58. The van der Waals surface area contributed by atoms with Crippen molar-refractivity contribution in [1.82, 2.24) is 19.3 Å². The molecule has 0 fully saturated rings. The molecule has 0 radical (unpaired) electrons. The van der Waals surface area contributed by atoms with Crippen LogP contribution in [0.25, 0.3) is 11.0 Å². The second-order valence-electron chi connectivity index (χ2n) is 5.36. The van der Waals surface area contributed by atoms with Crippen LogP contribution >= 0.6 is 11.6 Å².